The first-order valence-electron chi connectivity index (χ1n) is 9.35. The largest absolute Gasteiger partial charge is 0.430 e. The smallest absolute Gasteiger partial charge is 0.189 e. The summed E-state index contributed by atoms with van der Waals surface area (Å²) in [5.74, 6) is 0.154. The molecule has 6 nitrogen and oxygen atoms in total. The van der Waals surface area contributed by atoms with Crippen molar-refractivity contribution >= 4 is 29.3 Å². The highest BCUT2D eigenvalue weighted by Gasteiger charge is 2.10. The van der Waals surface area contributed by atoms with Crippen LogP contribution in [0.2, 0.25) is 0 Å². The number of nitrogens with one attached hydrogen (secondary N) is 4. The minimum atomic E-state index is 0.0378. The number of hydrogen-bond acceptors (Lipinski definition) is 6. The van der Waals surface area contributed by atoms with Gasteiger partial charge in [0, 0.05) is 24.5 Å². The molecular formula is C23H29N5O. The molecule has 0 atom stereocenters. The first-order valence-corrected chi connectivity index (χ1v) is 9.35. The van der Waals surface area contributed by atoms with Gasteiger partial charge in [-0.05, 0) is 31.5 Å². The molecule has 2 aromatic carbocycles. The molecule has 0 radical (unpaired) electrons. The van der Waals surface area contributed by atoms with Gasteiger partial charge in [-0.15, -0.1) is 0 Å². The topological polar surface area (TPSA) is 131 Å². The zero-order chi connectivity index (χ0) is 21.6. The monoisotopic (exact) mass is 391 g/mol. The lowest BCUT2D eigenvalue weighted by Crippen LogP contribution is -2.14. The van der Waals surface area contributed by atoms with Crippen LogP contribution in [0.4, 0.5) is 0 Å². The molecule has 2 aromatic rings. The maximum Gasteiger partial charge on any atom is 0.189 e. The Labute approximate surface area is 172 Å². The van der Waals surface area contributed by atoms with E-state index in [0.29, 0.717) is 12.0 Å². The molecule has 0 amide bonds. The van der Waals surface area contributed by atoms with E-state index in [-0.39, 0.29) is 23.2 Å². The third kappa shape index (κ3) is 8.45. The van der Waals surface area contributed by atoms with E-state index in [2.05, 4.69) is 5.73 Å². The second kappa shape index (κ2) is 12.9. The molecule has 0 unspecified atom stereocenters. The van der Waals surface area contributed by atoms with Crippen LogP contribution >= 0.6 is 0 Å². The van der Waals surface area contributed by atoms with E-state index in [0.717, 1.165) is 24.0 Å². The second-order valence-electron chi connectivity index (χ2n) is 6.12. The van der Waals surface area contributed by atoms with Crippen molar-refractivity contribution in [2.75, 3.05) is 7.05 Å². The van der Waals surface area contributed by atoms with Gasteiger partial charge in [0.1, 0.15) is 0 Å². The van der Waals surface area contributed by atoms with Crippen LogP contribution in [0, 0.1) is 21.6 Å². The molecule has 0 saturated heterocycles. The molecule has 0 heterocycles. The fraction of sp³-hybridized carbons (Fsp3) is 0.217. The Balaban J connectivity index is 0.00000204. The number of unbranched alkanes of at least 4 members (excludes halogenated alkanes) is 1. The summed E-state index contributed by atoms with van der Waals surface area (Å²) in [5.41, 5.74) is 7.32. The maximum absolute atomic E-state index is 8.31. The molecule has 0 aliphatic carbocycles. The summed E-state index contributed by atoms with van der Waals surface area (Å²) in [6.45, 7) is 1.51. The number of allylic oxidation sites excluding steroid dienone is 1. The van der Waals surface area contributed by atoms with Gasteiger partial charge >= 0.3 is 0 Å². The van der Waals surface area contributed by atoms with E-state index in [4.69, 9.17) is 26.4 Å². The van der Waals surface area contributed by atoms with Gasteiger partial charge in [-0.1, -0.05) is 60.7 Å². The van der Waals surface area contributed by atoms with Crippen molar-refractivity contribution in [2.24, 2.45) is 5.73 Å². The highest BCUT2D eigenvalue weighted by Crippen LogP contribution is 2.12. The highest BCUT2D eigenvalue weighted by molar-refractivity contribution is 6.51. The average Bonchev–Trinajstić information content (AvgIpc) is 2.74. The third-order valence-electron chi connectivity index (χ3n) is 3.85. The molecule has 2 rings (SSSR count). The van der Waals surface area contributed by atoms with Gasteiger partial charge in [0.25, 0.3) is 0 Å². The van der Waals surface area contributed by atoms with Crippen LogP contribution in [0.5, 0.6) is 0 Å². The van der Waals surface area contributed by atoms with Gasteiger partial charge in [-0.2, -0.15) is 0 Å². The number of hydrogen-bond donors (Lipinski definition) is 5. The molecule has 0 aromatic heterocycles. The summed E-state index contributed by atoms with van der Waals surface area (Å²) in [7, 11) is 1.50. The van der Waals surface area contributed by atoms with Gasteiger partial charge in [-0.25, -0.2) is 0 Å². The van der Waals surface area contributed by atoms with E-state index in [1.807, 2.05) is 66.7 Å². The van der Waals surface area contributed by atoms with Crippen LogP contribution in [0.1, 0.15) is 42.9 Å². The fourth-order valence-corrected chi connectivity index (χ4v) is 2.53. The van der Waals surface area contributed by atoms with E-state index >= 15 is 0 Å². The quantitative estimate of drug-likeness (QED) is 0.250. The minimum Gasteiger partial charge on any atom is -0.430 e. The SMILES string of the molecule is CC(=N)OC(=N)CCC/C=C/c1cccc(C(=N)C(=N)c2ccccc2)c1.CN. The summed E-state index contributed by atoms with van der Waals surface area (Å²) in [4.78, 5) is 0. The third-order valence-corrected chi connectivity index (χ3v) is 3.85. The Morgan fingerprint density at radius 2 is 1.52 bits per heavy atom. The first kappa shape index (κ1) is 23.7. The summed E-state index contributed by atoms with van der Waals surface area (Å²) in [6, 6.07) is 16.9. The van der Waals surface area contributed by atoms with Crippen molar-refractivity contribution in [3.05, 3.63) is 77.4 Å². The molecule has 6 heteroatoms. The van der Waals surface area contributed by atoms with E-state index in [9.17, 15) is 0 Å². The minimum absolute atomic E-state index is 0.0378. The van der Waals surface area contributed by atoms with Crippen LogP contribution in [0.3, 0.4) is 0 Å². The van der Waals surface area contributed by atoms with Gasteiger partial charge in [0.2, 0.25) is 0 Å². The maximum atomic E-state index is 8.31. The average molecular weight is 392 g/mol. The van der Waals surface area contributed by atoms with Crippen LogP contribution in [-0.4, -0.2) is 30.3 Å². The Kier molecular flexibility index (Phi) is 10.5. The van der Waals surface area contributed by atoms with Gasteiger partial charge in [0.05, 0.1) is 11.4 Å². The molecule has 152 valence electrons. The molecule has 0 bridgehead atoms. The number of rotatable bonds is 8. The molecular weight excluding hydrogens is 362 g/mol. The van der Waals surface area contributed by atoms with Crippen molar-refractivity contribution in [3.63, 3.8) is 0 Å². The summed E-state index contributed by atoms with van der Waals surface area (Å²) in [5, 5.41) is 31.3. The van der Waals surface area contributed by atoms with E-state index in [1.54, 1.807) is 0 Å². The Morgan fingerprint density at radius 1 is 0.897 bits per heavy atom. The summed E-state index contributed by atoms with van der Waals surface area (Å²) < 4.78 is 4.91. The zero-order valence-corrected chi connectivity index (χ0v) is 17.0. The zero-order valence-electron chi connectivity index (χ0n) is 17.0. The van der Waals surface area contributed by atoms with Crippen molar-refractivity contribution in [2.45, 2.75) is 26.2 Å². The van der Waals surface area contributed by atoms with Crippen molar-refractivity contribution < 1.29 is 4.74 Å². The second-order valence-corrected chi connectivity index (χ2v) is 6.12. The predicted molar refractivity (Wildman–Crippen MR) is 122 cm³/mol. The van der Waals surface area contributed by atoms with Crippen LogP contribution in [0.15, 0.2) is 60.7 Å². The molecule has 0 aliphatic heterocycles. The van der Waals surface area contributed by atoms with Gasteiger partial charge < -0.3 is 10.5 Å². The van der Waals surface area contributed by atoms with E-state index < -0.39 is 0 Å². The van der Waals surface area contributed by atoms with Crippen LogP contribution in [-0.2, 0) is 4.74 Å². The fourth-order valence-electron chi connectivity index (χ4n) is 2.53. The Hall–Kier alpha value is -3.38. The lowest BCUT2D eigenvalue weighted by molar-refractivity contribution is 0.507. The normalized spacial score (nSPS) is 10.0. The number of nitrogens with two attached hydrogens (primary N) is 1. The Bertz CT molecular complexity index is 872. The standard InChI is InChI=1S/C22H24N4O.CH5N/c1-16(23)27-20(24)14-7-2-4-9-17-10-8-13-19(15-17)22(26)21(25)18-11-5-3-6-12-18;1-2/h3-6,8-13,15,23-26H,2,7,14H2,1H3;2H2,1H3/b9-4+,23-16?,24-20?,25-21?,26-22?;. The lowest BCUT2D eigenvalue weighted by atomic mass is 9.98. The lowest BCUT2D eigenvalue weighted by Gasteiger charge is -2.07. The molecule has 0 fully saturated rings. The van der Waals surface area contributed by atoms with Crippen LogP contribution in [0.25, 0.3) is 6.08 Å². The van der Waals surface area contributed by atoms with Crippen LogP contribution < -0.4 is 5.73 Å². The molecule has 29 heavy (non-hydrogen) atoms. The molecule has 0 spiro atoms. The van der Waals surface area contributed by atoms with Crippen molar-refractivity contribution in [3.8, 4) is 0 Å². The summed E-state index contributed by atoms with van der Waals surface area (Å²) in [6.07, 6.45) is 6.08. The first-order chi connectivity index (χ1) is 14.0. The molecule has 0 saturated carbocycles. The van der Waals surface area contributed by atoms with Gasteiger partial charge in [0.15, 0.2) is 11.8 Å². The van der Waals surface area contributed by atoms with Crippen molar-refractivity contribution in [1.82, 2.24) is 0 Å². The Morgan fingerprint density at radius 3 is 2.17 bits per heavy atom. The summed E-state index contributed by atoms with van der Waals surface area (Å²) >= 11 is 0. The highest BCUT2D eigenvalue weighted by atomic mass is 16.5. The molecule has 6 N–H and O–H groups in total. The predicted octanol–water partition coefficient (Wildman–Crippen LogP) is 4.87. The van der Waals surface area contributed by atoms with Crippen molar-refractivity contribution in [1.29, 1.82) is 21.6 Å². The number of ether oxygens (including phenoxy) is 1. The number of benzene rings is 2. The van der Waals surface area contributed by atoms with E-state index in [1.165, 1.54) is 14.0 Å². The van der Waals surface area contributed by atoms with Gasteiger partial charge in [-0.3, -0.25) is 21.6 Å². The molecule has 0 aliphatic rings.